The van der Waals surface area contributed by atoms with Crippen molar-refractivity contribution in [3.8, 4) is 28.3 Å². The number of benzene rings is 3. The summed E-state index contributed by atoms with van der Waals surface area (Å²) in [7, 11) is 8.53. The van der Waals surface area contributed by atoms with E-state index >= 15 is 0 Å². The van der Waals surface area contributed by atoms with Gasteiger partial charge in [0.2, 0.25) is 0 Å². The van der Waals surface area contributed by atoms with Crippen molar-refractivity contribution in [3.05, 3.63) is 102 Å². The van der Waals surface area contributed by atoms with Crippen molar-refractivity contribution in [3.63, 3.8) is 0 Å². The summed E-state index contributed by atoms with van der Waals surface area (Å²) in [4.78, 5) is 33.0. The van der Waals surface area contributed by atoms with Crippen molar-refractivity contribution in [2.45, 2.75) is 51.9 Å². The summed E-state index contributed by atoms with van der Waals surface area (Å²) in [6, 6.07) is 31.1. The molecule has 0 fully saturated rings. The molecule has 0 bridgehead atoms. The first kappa shape index (κ1) is 38.9. The Morgan fingerprint density at radius 1 is 0.686 bits per heavy atom. The van der Waals surface area contributed by atoms with Gasteiger partial charge in [0.1, 0.15) is 5.65 Å². The Labute approximate surface area is 301 Å². The standard InChI is InChI=1S/C38H49N7.C2H2O4/c1-28(43(3)4)20-23-39-26-30-12-16-32(17-13-30)36-35-22-25-45(34-10-8-7-9-11-34)38(35)42-37(41-36)33-18-14-31(15-19-33)27-40-24-21-29(2)44(5)6;3-1(4)2(5)6/h7-19,22,25,28-29,39-40H,20-21,23-24,26-27H2,1-6H3;(H,3,4)(H,5,6). The molecule has 5 aromatic rings. The molecule has 2 aromatic heterocycles. The zero-order valence-corrected chi connectivity index (χ0v) is 30.5. The summed E-state index contributed by atoms with van der Waals surface area (Å²) in [5.41, 5.74) is 7.56. The lowest BCUT2D eigenvalue weighted by molar-refractivity contribution is -0.159. The molecule has 51 heavy (non-hydrogen) atoms. The monoisotopic (exact) mass is 693 g/mol. The molecule has 2 atom stereocenters. The van der Waals surface area contributed by atoms with Crippen LogP contribution in [0.5, 0.6) is 0 Å². The van der Waals surface area contributed by atoms with E-state index in [-0.39, 0.29) is 0 Å². The number of carboxylic acids is 2. The molecule has 0 spiro atoms. The Morgan fingerprint density at radius 3 is 1.65 bits per heavy atom. The van der Waals surface area contributed by atoms with Gasteiger partial charge in [-0.2, -0.15) is 0 Å². The minimum atomic E-state index is -1.82. The summed E-state index contributed by atoms with van der Waals surface area (Å²) < 4.78 is 2.16. The third kappa shape index (κ3) is 11.3. The normalized spacial score (nSPS) is 12.5. The lowest BCUT2D eigenvalue weighted by atomic mass is 10.1. The van der Waals surface area contributed by atoms with Crippen molar-refractivity contribution in [2.24, 2.45) is 0 Å². The molecular formula is C40H51N7O4. The number of nitrogens with zero attached hydrogens (tertiary/aromatic N) is 5. The van der Waals surface area contributed by atoms with Gasteiger partial charge >= 0.3 is 11.9 Å². The summed E-state index contributed by atoms with van der Waals surface area (Å²) in [5.74, 6) is -2.92. The second-order valence-corrected chi connectivity index (χ2v) is 13.2. The minimum Gasteiger partial charge on any atom is -0.473 e. The van der Waals surface area contributed by atoms with E-state index in [0.717, 1.165) is 78.4 Å². The van der Waals surface area contributed by atoms with Crippen LogP contribution in [0.15, 0.2) is 91.1 Å². The van der Waals surface area contributed by atoms with Crippen LogP contribution in [0.2, 0.25) is 0 Å². The highest BCUT2D eigenvalue weighted by molar-refractivity contribution is 6.27. The first-order valence-corrected chi connectivity index (χ1v) is 17.3. The predicted molar refractivity (Wildman–Crippen MR) is 204 cm³/mol. The number of aromatic nitrogens is 3. The highest BCUT2D eigenvalue weighted by Gasteiger charge is 2.16. The summed E-state index contributed by atoms with van der Waals surface area (Å²) >= 11 is 0. The van der Waals surface area contributed by atoms with Crippen molar-refractivity contribution in [2.75, 3.05) is 41.3 Å². The number of rotatable bonds is 15. The van der Waals surface area contributed by atoms with Crippen LogP contribution in [0, 0.1) is 0 Å². The van der Waals surface area contributed by atoms with Crippen molar-refractivity contribution < 1.29 is 19.8 Å². The molecular weight excluding hydrogens is 642 g/mol. The average Bonchev–Trinajstić information content (AvgIpc) is 3.56. The van der Waals surface area contributed by atoms with E-state index in [9.17, 15) is 0 Å². The van der Waals surface area contributed by atoms with Crippen LogP contribution >= 0.6 is 0 Å². The molecule has 11 nitrogen and oxygen atoms in total. The van der Waals surface area contributed by atoms with E-state index in [1.54, 1.807) is 0 Å². The Balaban J connectivity index is 0.000000894. The maximum Gasteiger partial charge on any atom is 0.414 e. The first-order chi connectivity index (χ1) is 24.4. The van der Waals surface area contributed by atoms with E-state index in [2.05, 4.69) is 152 Å². The van der Waals surface area contributed by atoms with Crippen LogP contribution in [0.1, 0.15) is 37.8 Å². The van der Waals surface area contributed by atoms with Gasteiger partial charge < -0.3 is 35.2 Å². The zero-order valence-electron chi connectivity index (χ0n) is 30.5. The zero-order chi connectivity index (χ0) is 36.9. The van der Waals surface area contributed by atoms with Gasteiger partial charge in [0.25, 0.3) is 0 Å². The molecule has 270 valence electrons. The Morgan fingerprint density at radius 2 is 1.18 bits per heavy atom. The second-order valence-electron chi connectivity index (χ2n) is 13.2. The third-order valence-electron chi connectivity index (χ3n) is 9.10. The van der Waals surface area contributed by atoms with E-state index in [4.69, 9.17) is 29.8 Å². The molecule has 0 aliphatic carbocycles. The number of aliphatic carboxylic acids is 2. The number of fused-ring (bicyclic) bond motifs is 1. The molecule has 11 heteroatoms. The van der Waals surface area contributed by atoms with E-state index < -0.39 is 11.9 Å². The summed E-state index contributed by atoms with van der Waals surface area (Å²) in [6.45, 7) is 8.21. The molecule has 0 radical (unpaired) electrons. The fraction of sp³-hybridized carbons (Fsp3) is 0.350. The largest absolute Gasteiger partial charge is 0.473 e. The van der Waals surface area contributed by atoms with Crippen molar-refractivity contribution in [1.29, 1.82) is 0 Å². The number of hydrogen-bond acceptors (Lipinski definition) is 8. The number of hydrogen-bond donors (Lipinski definition) is 4. The van der Waals surface area contributed by atoms with Gasteiger partial charge in [0.15, 0.2) is 5.82 Å². The molecule has 5 rings (SSSR count). The van der Waals surface area contributed by atoms with Gasteiger partial charge in [-0.25, -0.2) is 19.6 Å². The smallest absolute Gasteiger partial charge is 0.414 e. The third-order valence-corrected chi connectivity index (χ3v) is 9.10. The lowest BCUT2D eigenvalue weighted by Crippen LogP contribution is -2.28. The fourth-order valence-electron chi connectivity index (χ4n) is 5.32. The summed E-state index contributed by atoms with van der Waals surface area (Å²) in [5, 5.41) is 23.0. The Bertz CT molecular complexity index is 1830. The van der Waals surface area contributed by atoms with Gasteiger partial charge in [-0.15, -0.1) is 0 Å². The highest BCUT2D eigenvalue weighted by atomic mass is 16.4. The van der Waals surface area contributed by atoms with Crippen molar-refractivity contribution in [1.82, 2.24) is 35.0 Å². The highest BCUT2D eigenvalue weighted by Crippen LogP contribution is 2.31. The van der Waals surface area contributed by atoms with E-state index in [1.165, 1.54) is 11.1 Å². The number of para-hydroxylation sites is 1. The van der Waals surface area contributed by atoms with E-state index in [1.807, 2.05) is 6.07 Å². The van der Waals surface area contributed by atoms with Gasteiger partial charge in [0, 0.05) is 53.6 Å². The molecule has 0 saturated heterocycles. The van der Waals surface area contributed by atoms with Crippen LogP contribution < -0.4 is 10.6 Å². The van der Waals surface area contributed by atoms with Gasteiger partial charge in [0.05, 0.1) is 5.69 Å². The second kappa shape index (κ2) is 18.9. The van der Waals surface area contributed by atoms with Gasteiger partial charge in [-0.3, -0.25) is 0 Å². The molecule has 0 aliphatic heterocycles. The van der Waals surface area contributed by atoms with E-state index in [0.29, 0.717) is 12.1 Å². The SMILES string of the molecule is CC(CCNCc1ccc(-c2nc(-c3ccc(CNCCC(C)N(C)C)cc3)c3ccn(-c4ccccc4)c3n2)cc1)N(C)C.O=C(O)C(=O)O. The Hall–Kier alpha value is -4.94. The molecule has 2 heterocycles. The van der Waals surface area contributed by atoms with Crippen LogP contribution in [-0.2, 0) is 22.7 Å². The topological polar surface area (TPSA) is 136 Å². The molecule has 0 amide bonds. The van der Waals surface area contributed by atoms with Crippen LogP contribution in [0.4, 0.5) is 0 Å². The molecule has 3 aromatic carbocycles. The minimum absolute atomic E-state index is 0.561. The first-order valence-electron chi connectivity index (χ1n) is 17.3. The molecule has 2 unspecified atom stereocenters. The van der Waals surface area contributed by atoms with Crippen molar-refractivity contribution >= 4 is 23.0 Å². The quantitative estimate of drug-likeness (QED) is 0.0791. The van der Waals surface area contributed by atoms with Crippen LogP contribution in [0.3, 0.4) is 0 Å². The maximum atomic E-state index is 9.10. The number of nitrogens with one attached hydrogen (secondary N) is 2. The number of carbonyl (C=O) groups is 2. The van der Waals surface area contributed by atoms with Gasteiger partial charge in [-0.05, 0) is 97.3 Å². The van der Waals surface area contributed by atoms with Crippen LogP contribution in [-0.4, -0.2) is 99.9 Å². The van der Waals surface area contributed by atoms with Gasteiger partial charge in [-0.1, -0.05) is 66.7 Å². The Kier molecular flexibility index (Phi) is 14.4. The van der Waals surface area contributed by atoms with Crippen LogP contribution in [0.25, 0.3) is 39.4 Å². The maximum absolute atomic E-state index is 9.10. The predicted octanol–water partition coefficient (Wildman–Crippen LogP) is 5.77. The molecule has 4 N–H and O–H groups in total. The summed E-state index contributed by atoms with van der Waals surface area (Å²) in [6.07, 6.45) is 4.34. The molecule has 0 aliphatic rings. The molecule has 0 saturated carbocycles. The lowest BCUT2D eigenvalue weighted by Gasteiger charge is -2.19. The fourth-order valence-corrected chi connectivity index (χ4v) is 5.32. The average molecular weight is 694 g/mol. The number of carboxylic acid groups (broad SMARTS) is 2.